The summed E-state index contributed by atoms with van der Waals surface area (Å²) in [4.78, 5) is 0. The molecule has 0 unspecified atom stereocenters. The smallest absolute Gasteiger partial charge is 0.216 e. The Kier molecular flexibility index (Phi) is 5.34. The van der Waals surface area contributed by atoms with Crippen LogP contribution in [-0.2, 0) is 15.8 Å². The molecule has 0 aromatic heterocycles. The van der Waals surface area contributed by atoms with Gasteiger partial charge in [0.25, 0.3) is 0 Å². The summed E-state index contributed by atoms with van der Waals surface area (Å²) < 4.78 is 27.2. The molecule has 1 aromatic rings. The fourth-order valence-corrected chi connectivity index (χ4v) is 4.19. The fourth-order valence-electron chi connectivity index (χ4n) is 2.75. The molecule has 0 aliphatic heterocycles. The summed E-state index contributed by atoms with van der Waals surface area (Å²) in [6, 6.07) is 9.28. The number of hydrogen-bond acceptors (Lipinski definition) is 4. The van der Waals surface area contributed by atoms with Crippen LogP contribution in [0.4, 0.5) is 0 Å². The lowest BCUT2D eigenvalue weighted by molar-refractivity contribution is 0.342. The number of hydrogen-bond donors (Lipinski definition) is 2. The van der Waals surface area contributed by atoms with Crippen molar-refractivity contribution in [2.24, 2.45) is 0 Å². The first kappa shape index (κ1) is 16.0. The third-order valence-corrected chi connectivity index (χ3v) is 5.30. The zero-order valence-electron chi connectivity index (χ0n) is 12.2. The van der Waals surface area contributed by atoms with Gasteiger partial charge >= 0.3 is 0 Å². The van der Waals surface area contributed by atoms with Crippen LogP contribution < -0.4 is 10.0 Å². The second-order valence-electron chi connectivity index (χ2n) is 5.53. The second kappa shape index (κ2) is 7.03. The molecule has 1 aliphatic carbocycles. The molecule has 1 aliphatic rings. The molecule has 1 aromatic carbocycles. The zero-order chi connectivity index (χ0) is 15.3. The van der Waals surface area contributed by atoms with Gasteiger partial charge in [-0.2, -0.15) is 5.26 Å². The summed E-state index contributed by atoms with van der Waals surface area (Å²) in [5.41, 5.74) is 1.13. The molecular formula is C15H21N3O2S. The van der Waals surface area contributed by atoms with Gasteiger partial charge in [-0.05, 0) is 50.4 Å². The van der Waals surface area contributed by atoms with Crippen LogP contribution in [0.1, 0.15) is 36.8 Å². The van der Waals surface area contributed by atoms with Crippen molar-refractivity contribution in [3.63, 3.8) is 0 Å². The highest BCUT2D eigenvalue weighted by atomic mass is 32.2. The van der Waals surface area contributed by atoms with Gasteiger partial charge in [-0.1, -0.05) is 12.1 Å². The lowest BCUT2D eigenvalue weighted by atomic mass is 9.92. The molecular weight excluding hydrogens is 286 g/mol. The van der Waals surface area contributed by atoms with Crippen molar-refractivity contribution in [1.82, 2.24) is 10.0 Å². The SMILES string of the molecule is CNC1CCC(NS(=O)(=O)Cc2cccc(C#N)c2)CC1. The summed E-state index contributed by atoms with van der Waals surface area (Å²) in [5.74, 6) is -0.0749. The molecule has 1 saturated carbocycles. The normalized spacial score (nSPS) is 22.7. The molecule has 0 saturated heterocycles. The molecule has 2 rings (SSSR count). The Hall–Kier alpha value is -1.42. The van der Waals surface area contributed by atoms with Crippen molar-refractivity contribution in [1.29, 1.82) is 5.26 Å². The highest BCUT2D eigenvalue weighted by molar-refractivity contribution is 7.88. The average Bonchev–Trinajstić information content (AvgIpc) is 2.47. The average molecular weight is 307 g/mol. The van der Waals surface area contributed by atoms with Crippen LogP contribution >= 0.6 is 0 Å². The van der Waals surface area contributed by atoms with E-state index < -0.39 is 10.0 Å². The zero-order valence-corrected chi connectivity index (χ0v) is 13.0. The highest BCUT2D eigenvalue weighted by Crippen LogP contribution is 2.19. The number of sulfonamides is 1. The van der Waals surface area contributed by atoms with Crippen LogP contribution in [0, 0.1) is 11.3 Å². The van der Waals surface area contributed by atoms with Crippen molar-refractivity contribution < 1.29 is 8.42 Å². The van der Waals surface area contributed by atoms with Crippen LogP contribution in [0.25, 0.3) is 0 Å². The minimum Gasteiger partial charge on any atom is -0.317 e. The van der Waals surface area contributed by atoms with Gasteiger partial charge in [0, 0.05) is 12.1 Å². The Balaban J connectivity index is 1.94. The van der Waals surface area contributed by atoms with E-state index >= 15 is 0 Å². The molecule has 0 heterocycles. The predicted molar refractivity (Wildman–Crippen MR) is 82.0 cm³/mol. The maximum Gasteiger partial charge on any atom is 0.216 e. The van der Waals surface area contributed by atoms with Gasteiger partial charge in [-0.3, -0.25) is 0 Å². The molecule has 0 amide bonds. The molecule has 114 valence electrons. The van der Waals surface area contributed by atoms with Gasteiger partial charge in [0.2, 0.25) is 10.0 Å². The van der Waals surface area contributed by atoms with Crippen molar-refractivity contribution in [2.75, 3.05) is 7.05 Å². The second-order valence-corrected chi connectivity index (χ2v) is 7.28. The number of nitriles is 1. The van der Waals surface area contributed by atoms with Crippen LogP contribution in [0.15, 0.2) is 24.3 Å². The molecule has 1 fully saturated rings. The van der Waals surface area contributed by atoms with E-state index in [1.54, 1.807) is 24.3 Å². The predicted octanol–water partition coefficient (Wildman–Crippen LogP) is 1.51. The van der Waals surface area contributed by atoms with E-state index in [9.17, 15) is 8.42 Å². The first-order valence-corrected chi connectivity index (χ1v) is 8.84. The minimum absolute atomic E-state index is 0.0266. The molecule has 0 bridgehead atoms. The number of benzene rings is 1. The topological polar surface area (TPSA) is 82.0 Å². The number of nitrogens with one attached hydrogen (secondary N) is 2. The van der Waals surface area contributed by atoms with E-state index in [0.717, 1.165) is 25.7 Å². The summed E-state index contributed by atoms with van der Waals surface area (Å²) in [6.45, 7) is 0. The number of rotatable bonds is 5. The Labute approximate surface area is 126 Å². The summed E-state index contributed by atoms with van der Waals surface area (Å²) in [6.07, 6.45) is 3.72. The minimum atomic E-state index is -3.36. The molecule has 2 N–H and O–H groups in total. The molecule has 6 heteroatoms. The van der Waals surface area contributed by atoms with Crippen molar-refractivity contribution in [3.05, 3.63) is 35.4 Å². The Morgan fingerprint density at radius 2 is 1.90 bits per heavy atom. The summed E-state index contributed by atoms with van der Waals surface area (Å²) in [7, 11) is -1.42. The third-order valence-electron chi connectivity index (χ3n) is 3.89. The monoisotopic (exact) mass is 307 g/mol. The van der Waals surface area contributed by atoms with E-state index in [2.05, 4.69) is 10.0 Å². The standard InChI is InChI=1S/C15H21N3O2S/c1-17-14-5-7-15(8-6-14)18-21(19,20)11-13-4-2-3-12(9-13)10-16/h2-4,9,14-15,17-18H,5-8,11H2,1H3. The van der Waals surface area contributed by atoms with Gasteiger partial charge in [0.15, 0.2) is 0 Å². The van der Waals surface area contributed by atoms with E-state index in [4.69, 9.17) is 5.26 Å². The molecule has 0 radical (unpaired) electrons. The lowest BCUT2D eigenvalue weighted by Gasteiger charge is -2.28. The van der Waals surface area contributed by atoms with Gasteiger partial charge in [0.1, 0.15) is 0 Å². The first-order chi connectivity index (χ1) is 10.0. The third kappa shape index (κ3) is 4.81. The van der Waals surface area contributed by atoms with Crippen LogP contribution in [0.3, 0.4) is 0 Å². The van der Waals surface area contributed by atoms with Crippen LogP contribution in [0.2, 0.25) is 0 Å². The Morgan fingerprint density at radius 1 is 1.24 bits per heavy atom. The van der Waals surface area contributed by atoms with Gasteiger partial charge in [-0.15, -0.1) is 0 Å². The van der Waals surface area contributed by atoms with Gasteiger partial charge in [-0.25, -0.2) is 13.1 Å². The lowest BCUT2D eigenvalue weighted by Crippen LogP contribution is -2.41. The van der Waals surface area contributed by atoms with E-state index in [1.807, 2.05) is 13.1 Å². The Bertz CT molecular complexity index is 614. The van der Waals surface area contributed by atoms with E-state index in [1.165, 1.54) is 0 Å². The van der Waals surface area contributed by atoms with Crippen molar-refractivity contribution in [3.8, 4) is 6.07 Å². The van der Waals surface area contributed by atoms with Gasteiger partial charge in [0.05, 0.1) is 17.4 Å². The van der Waals surface area contributed by atoms with Gasteiger partial charge < -0.3 is 5.32 Å². The summed E-state index contributed by atoms with van der Waals surface area (Å²) in [5, 5.41) is 12.1. The molecule has 21 heavy (non-hydrogen) atoms. The maximum atomic E-state index is 12.2. The maximum absolute atomic E-state index is 12.2. The molecule has 0 spiro atoms. The highest BCUT2D eigenvalue weighted by Gasteiger charge is 2.24. The van der Waals surface area contributed by atoms with Crippen LogP contribution in [-0.4, -0.2) is 27.5 Å². The quantitative estimate of drug-likeness (QED) is 0.864. The molecule has 5 nitrogen and oxygen atoms in total. The fraction of sp³-hybridized carbons (Fsp3) is 0.533. The van der Waals surface area contributed by atoms with E-state index in [-0.39, 0.29) is 11.8 Å². The molecule has 0 atom stereocenters. The van der Waals surface area contributed by atoms with Crippen molar-refractivity contribution >= 4 is 10.0 Å². The summed E-state index contributed by atoms with van der Waals surface area (Å²) >= 11 is 0. The van der Waals surface area contributed by atoms with E-state index in [0.29, 0.717) is 17.2 Å². The first-order valence-electron chi connectivity index (χ1n) is 7.19. The Morgan fingerprint density at radius 3 is 2.52 bits per heavy atom. The van der Waals surface area contributed by atoms with Crippen LogP contribution in [0.5, 0.6) is 0 Å². The number of nitrogens with zero attached hydrogens (tertiary/aromatic N) is 1. The largest absolute Gasteiger partial charge is 0.317 e. The van der Waals surface area contributed by atoms with Crippen molar-refractivity contribution in [2.45, 2.75) is 43.5 Å².